The van der Waals surface area contributed by atoms with Gasteiger partial charge in [-0.15, -0.1) is 0 Å². The Morgan fingerprint density at radius 1 is 1.29 bits per heavy atom. The first kappa shape index (κ1) is 16.4. The van der Waals surface area contributed by atoms with E-state index in [0.717, 1.165) is 18.5 Å². The highest BCUT2D eigenvalue weighted by Crippen LogP contribution is 2.16. The zero-order valence-electron chi connectivity index (χ0n) is 13.2. The van der Waals surface area contributed by atoms with Crippen LogP contribution in [-0.2, 0) is 20.9 Å². The van der Waals surface area contributed by atoms with Gasteiger partial charge in [-0.1, -0.05) is 6.07 Å². The van der Waals surface area contributed by atoms with Gasteiger partial charge in [0.2, 0.25) is 5.91 Å². The number of hydrogen-bond acceptors (Lipinski definition) is 5. The van der Waals surface area contributed by atoms with Gasteiger partial charge in [0, 0.05) is 19.3 Å². The van der Waals surface area contributed by atoms with E-state index in [9.17, 15) is 14.4 Å². The largest absolute Gasteiger partial charge is 0.372 e. The van der Waals surface area contributed by atoms with Gasteiger partial charge in [0.25, 0.3) is 5.91 Å². The van der Waals surface area contributed by atoms with Gasteiger partial charge < -0.3 is 15.0 Å². The third kappa shape index (κ3) is 4.08. The van der Waals surface area contributed by atoms with Crippen molar-refractivity contribution < 1.29 is 19.1 Å². The SMILES string of the molecule is O=C1NC(=O)C(CC(=O)N2CCC(OCc3ccccn3)CC2)N1. The molecular weight excluding hydrogens is 312 g/mol. The molecule has 0 spiro atoms. The highest BCUT2D eigenvalue weighted by Gasteiger charge is 2.33. The van der Waals surface area contributed by atoms with Crippen LogP contribution in [0.5, 0.6) is 0 Å². The van der Waals surface area contributed by atoms with E-state index < -0.39 is 18.0 Å². The van der Waals surface area contributed by atoms with Crippen LogP contribution in [0.1, 0.15) is 25.0 Å². The Hall–Kier alpha value is -2.48. The fraction of sp³-hybridized carbons (Fsp3) is 0.500. The topological polar surface area (TPSA) is 101 Å². The van der Waals surface area contributed by atoms with E-state index >= 15 is 0 Å². The van der Waals surface area contributed by atoms with E-state index in [1.165, 1.54) is 0 Å². The lowest BCUT2D eigenvalue weighted by molar-refractivity contribution is -0.136. The van der Waals surface area contributed by atoms with Crippen molar-refractivity contribution in [2.45, 2.75) is 38.0 Å². The molecule has 4 amide bonds. The summed E-state index contributed by atoms with van der Waals surface area (Å²) in [5, 5.41) is 4.57. The average Bonchev–Trinajstić information content (AvgIpc) is 2.91. The molecule has 0 aliphatic carbocycles. The van der Waals surface area contributed by atoms with Crippen LogP contribution in [0.4, 0.5) is 4.79 Å². The second-order valence-corrected chi connectivity index (χ2v) is 5.93. The molecule has 0 aromatic carbocycles. The summed E-state index contributed by atoms with van der Waals surface area (Å²) in [7, 11) is 0. The normalized spacial score (nSPS) is 21.5. The molecule has 0 bridgehead atoms. The number of carbonyl (C=O) groups is 3. The van der Waals surface area contributed by atoms with Crippen LogP contribution < -0.4 is 10.6 Å². The first-order valence-corrected chi connectivity index (χ1v) is 8.02. The number of nitrogens with zero attached hydrogens (tertiary/aromatic N) is 2. The van der Waals surface area contributed by atoms with Crippen LogP contribution in [0.15, 0.2) is 24.4 Å². The minimum absolute atomic E-state index is 0.00294. The van der Waals surface area contributed by atoms with Crippen LogP contribution in [0.3, 0.4) is 0 Å². The molecule has 128 valence electrons. The van der Waals surface area contributed by atoms with Gasteiger partial charge in [0.05, 0.1) is 24.8 Å². The van der Waals surface area contributed by atoms with E-state index in [2.05, 4.69) is 15.6 Å². The highest BCUT2D eigenvalue weighted by molar-refractivity contribution is 6.05. The number of carbonyl (C=O) groups excluding carboxylic acids is 3. The Kier molecular flexibility index (Phi) is 5.05. The van der Waals surface area contributed by atoms with Crippen molar-refractivity contribution in [2.24, 2.45) is 0 Å². The van der Waals surface area contributed by atoms with Crippen LogP contribution in [0.2, 0.25) is 0 Å². The van der Waals surface area contributed by atoms with Crippen LogP contribution in [0.25, 0.3) is 0 Å². The van der Waals surface area contributed by atoms with Gasteiger partial charge in [-0.3, -0.25) is 19.9 Å². The third-order valence-corrected chi connectivity index (χ3v) is 4.23. The fourth-order valence-electron chi connectivity index (χ4n) is 2.86. The van der Waals surface area contributed by atoms with Crippen LogP contribution in [-0.4, -0.2) is 53.0 Å². The summed E-state index contributed by atoms with van der Waals surface area (Å²) in [6.45, 7) is 1.65. The van der Waals surface area contributed by atoms with E-state index in [0.29, 0.717) is 19.7 Å². The monoisotopic (exact) mass is 332 g/mol. The summed E-state index contributed by atoms with van der Waals surface area (Å²) < 4.78 is 5.84. The summed E-state index contributed by atoms with van der Waals surface area (Å²) in [4.78, 5) is 40.7. The number of ether oxygens (including phenoxy) is 1. The molecule has 3 heterocycles. The Labute approximate surface area is 139 Å². The number of rotatable bonds is 5. The number of imide groups is 1. The smallest absolute Gasteiger partial charge is 0.322 e. The van der Waals surface area contributed by atoms with Crippen molar-refractivity contribution in [3.63, 3.8) is 0 Å². The molecule has 0 radical (unpaired) electrons. The van der Waals surface area contributed by atoms with Gasteiger partial charge in [-0.25, -0.2) is 4.79 Å². The second-order valence-electron chi connectivity index (χ2n) is 5.93. The molecule has 2 aliphatic heterocycles. The highest BCUT2D eigenvalue weighted by atomic mass is 16.5. The van der Waals surface area contributed by atoms with Gasteiger partial charge in [-0.05, 0) is 25.0 Å². The molecule has 8 nitrogen and oxygen atoms in total. The molecule has 2 saturated heterocycles. The van der Waals surface area contributed by atoms with Crippen LogP contribution in [0, 0.1) is 0 Å². The molecule has 2 N–H and O–H groups in total. The number of amides is 4. The minimum atomic E-state index is -0.761. The number of nitrogens with one attached hydrogen (secondary N) is 2. The molecule has 1 aromatic rings. The van der Waals surface area contributed by atoms with E-state index in [4.69, 9.17) is 4.74 Å². The Morgan fingerprint density at radius 3 is 2.71 bits per heavy atom. The van der Waals surface area contributed by atoms with E-state index in [-0.39, 0.29) is 18.4 Å². The summed E-state index contributed by atoms with van der Waals surface area (Å²) in [6.07, 6.45) is 3.34. The van der Waals surface area contributed by atoms with Crippen molar-refractivity contribution >= 4 is 17.8 Å². The standard InChI is InChI=1S/C16H20N4O4/c21-14(9-13-15(22)19-16(23)18-13)20-7-4-12(5-8-20)24-10-11-3-1-2-6-17-11/h1-3,6,12-13H,4-5,7-10H2,(H2,18,19,22,23). The maximum atomic E-state index is 12.2. The third-order valence-electron chi connectivity index (χ3n) is 4.23. The van der Waals surface area contributed by atoms with E-state index in [1.807, 2.05) is 18.2 Å². The van der Waals surface area contributed by atoms with Gasteiger partial charge >= 0.3 is 6.03 Å². The molecule has 0 saturated carbocycles. The van der Waals surface area contributed by atoms with Crippen molar-refractivity contribution in [1.29, 1.82) is 0 Å². The minimum Gasteiger partial charge on any atom is -0.372 e. The number of pyridine rings is 1. The van der Waals surface area contributed by atoms with Crippen molar-refractivity contribution in [1.82, 2.24) is 20.5 Å². The van der Waals surface area contributed by atoms with Crippen molar-refractivity contribution in [3.05, 3.63) is 30.1 Å². The second kappa shape index (κ2) is 7.39. The number of likely N-dealkylation sites (tertiary alicyclic amines) is 1. The molecule has 1 unspecified atom stereocenters. The zero-order chi connectivity index (χ0) is 16.9. The number of aromatic nitrogens is 1. The first-order valence-electron chi connectivity index (χ1n) is 8.02. The van der Waals surface area contributed by atoms with E-state index in [1.54, 1.807) is 11.1 Å². The van der Waals surface area contributed by atoms with Gasteiger partial charge in [-0.2, -0.15) is 0 Å². The predicted molar refractivity (Wildman–Crippen MR) is 83.7 cm³/mol. The quantitative estimate of drug-likeness (QED) is 0.750. The molecule has 1 atom stereocenters. The lowest BCUT2D eigenvalue weighted by Crippen LogP contribution is -2.44. The molecule has 24 heavy (non-hydrogen) atoms. The fourth-order valence-corrected chi connectivity index (χ4v) is 2.86. The maximum absolute atomic E-state index is 12.2. The molecular formula is C16H20N4O4. The van der Waals surface area contributed by atoms with Crippen molar-refractivity contribution in [3.8, 4) is 0 Å². The average molecular weight is 332 g/mol. The number of hydrogen-bond donors (Lipinski definition) is 2. The summed E-state index contributed by atoms with van der Waals surface area (Å²) in [5.74, 6) is -0.567. The molecule has 3 rings (SSSR count). The summed E-state index contributed by atoms with van der Waals surface area (Å²) >= 11 is 0. The Morgan fingerprint density at radius 2 is 2.08 bits per heavy atom. The lowest BCUT2D eigenvalue weighted by Gasteiger charge is -2.32. The Bertz CT molecular complexity index is 614. The number of piperidine rings is 1. The molecule has 2 fully saturated rings. The van der Waals surface area contributed by atoms with Crippen molar-refractivity contribution in [2.75, 3.05) is 13.1 Å². The molecule has 1 aromatic heterocycles. The first-order chi connectivity index (χ1) is 11.6. The predicted octanol–water partition coefficient (Wildman–Crippen LogP) is 0.187. The zero-order valence-corrected chi connectivity index (χ0v) is 13.2. The number of urea groups is 1. The van der Waals surface area contributed by atoms with Gasteiger partial charge in [0.15, 0.2) is 0 Å². The van der Waals surface area contributed by atoms with Crippen LogP contribution >= 0.6 is 0 Å². The Balaban J connectivity index is 1.40. The lowest BCUT2D eigenvalue weighted by atomic mass is 10.1. The summed E-state index contributed by atoms with van der Waals surface area (Å²) in [5.41, 5.74) is 0.888. The van der Waals surface area contributed by atoms with Gasteiger partial charge in [0.1, 0.15) is 6.04 Å². The molecule has 8 heteroatoms. The summed E-state index contributed by atoms with van der Waals surface area (Å²) in [6, 6.07) is 4.40. The molecule has 2 aliphatic rings. The maximum Gasteiger partial charge on any atom is 0.322 e.